The Bertz CT molecular complexity index is 1220. The number of nitrogens with zero attached hydrogens (tertiary/aromatic N) is 1. The number of benzene rings is 2. The molecule has 0 radical (unpaired) electrons. The van der Waals surface area contributed by atoms with Crippen molar-refractivity contribution >= 4 is 32.6 Å². The van der Waals surface area contributed by atoms with Crippen LogP contribution in [0.15, 0.2) is 40.9 Å². The van der Waals surface area contributed by atoms with Crippen LogP contribution in [0, 0.1) is 5.92 Å². The number of carbonyl (C=O) groups is 1. The van der Waals surface area contributed by atoms with Gasteiger partial charge in [-0.05, 0) is 49.7 Å². The highest BCUT2D eigenvalue weighted by molar-refractivity contribution is 9.10. The maximum absolute atomic E-state index is 13.6. The lowest BCUT2D eigenvalue weighted by atomic mass is 9.71. The van der Waals surface area contributed by atoms with Gasteiger partial charge in [0.2, 0.25) is 0 Å². The quantitative estimate of drug-likeness (QED) is 0.351. The molecule has 1 aliphatic rings. The summed E-state index contributed by atoms with van der Waals surface area (Å²) < 4.78 is 20.4. The molecule has 1 atom stereocenters. The van der Waals surface area contributed by atoms with Crippen molar-refractivity contribution in [2.24, 2.45) is 13.0 Å². The van der Waals surface area contributed by atoms with Crippen molar-refractivity contribution < 1.29 is 19.0 Å². The number of hydrogen-bond acceptors (Lipinski definition) is 4. The zero-order chi connectivity index (χ0) is 24.1. The van der Waals surface area contributed by atoms with Crippen LogP contribution >= 0.6 is 15.9 Å². The fourth-order valence-electron chi connectivity index (χ4n) is 4.65. The molecule has 0 N–H and O–H groups in total. The molecule has 33 heavy (non-hydrogen) atoms. The number of aromatic nitrogens is 1. The second-order valence-corrected chi connectivity index (χ2v) is 10.9. The number of aryl methyl sites for hydroxylation is 1. The largest absolute Gasteiger partial charge is 0.493 e. The van der Waals surface area contributed by atoms with Crippen LogP contribution in [0.3, 0.4) is 0 Å². The molecule has 4 rings (SSSR count). The van der Waals surface area contributed by atoms with Crippen LogP contribution in [-0.2, 0) is 21.9 Å². The normalized spacial score (nSPS) is 15.9. The van der Waals surface area contributed by atoms with Gasteiger partial charge in [-0.3, -0.25) is 4.79 Å². The molecule has 0 unspecified atom stereocenters. The number of rotatable bonds is 7. The average Bonchev–Trinajstić information content (AvgIpc) is 3.07. The van der Waals surface area contributed by atoms with E-state index in [1.807, 2.05) is 51.2 Å². The van der Waals surface area contributed by atoms with E-state index in [1.54, 1.807) is 7.11 Å². The summed E-state index contributed by atoms with van der Waals surface area (Å²) in [6.45, 7) is 11.3. The zero-order valence-electron chi connectivity index (χ0n) is 20.4. The minimum absolute atomic E-state index is 0.0716. The first-order valence-electron chi connectivity index (χ1n) is 11.3. The van der Waals surface area contributed by atoms with Crippen LogP contribution in [0.5, 0.6) is 5.75 Å². The van der Waals surface area contributed by atoms with E-state index in [-0.39, 0.29) is 17.1 Å². The van der Waals surface area contributed by atoms with Gasteiger partial charge in [-0.2, -0.15) is 0 Å². The van der Waals surface area contributed by atoms with Gasteiger partial charge in [0, 0.05) is 52.1 Å². The molecule has 3 aromatic rings. The Kier molecular flexibility index (Phi) is 6.23. The lowest BCUT2D eigenvalue weighted by molar-refractivity contribution is -0.203. The Morgan fingerprint density at radius 2 is 1.85 bits per heavy atom. The number of ketones is 1. The van der Waals surface area contributed by atoms with Gasteiger partial charge in [0.15, 0.2) is 11.6 Å². The van der Waals surface area contributed by atoms with Crippen molar-refractivity contribution in [1.82, 2.24) is 4.57 Å². The minimum atomic E-state index is -0.615. The third-order valence-corrected chi connectivity index (χ3v) is 7.13. The van der Waals surface area contributed by atoms with Gasteiger partial charge in [0.1, 0.15) is 5.75 Å². The number of carbonyl (C=O) groups excluding carboxylic acids is 1. The van der Waals surface area contributed by atoms with Gasteiger partial charge >= 0.3 is 0 Å². The molecular weight excluding hydrogens is 482 g/mol. The topological polar surface area (TPSA) is 49.7 Å². The van der Waals surface area contributed by atoms with Crippen LogP contribution in [0.1, 0.15) is 61.8 Å². The summed E-state index contributed by atoms with van der Waals surface area (Å²) in [6.07, 6.45) is 0. The van der Waals surface area contributed by atoms with Gasteiger partial charge in [-0.25, -0.2) is 0 Å². The molecule has 0 amide bonds. The van der Waals surface area contributed by atoms with Crippen molar-refractivity contribution in [3.8, 4) is 5.75 Å². The molecule has 0 fully saturated rings. The summed E-state index contributed by atoms with van der Waals surface area (Å²) in [6, 6.07) is 11.9. The first-order chi connectivity index (χ1) is 15.5. The summed E-state index contributed by atoms with van der Waals surface area (Å²) in [5.74, 6) is 0.407. The van der Waals surface area contributed by atoms with E-state index >= 15 is 0 Å². The van der Waals surface area contributed by atoms with Crippen molar-refractivity contribution in [2.45, 2.75) is 45.8 Å². The van der Waals surface area contributed by atoms with E-state index in [4.69, 9.17) is 14.2 Å². The Hall–Kier alpha value is -2.15. The van der Waals surface area contributed by atoms with E-state index in [0.29, 0.717) is 13.2 Å². The molecule has 1 heterocycles. The maximum Gasteiger partial charge on any atom is 0.195 e. The summed E-state index contributed by atoms with van der Waals surface area (Å²) in [5, 5.41) is 0.993. The van der Waals surface area contributed by atoms with Crippen LogP contribution in [0.4, 0.5) is 0 Å². The fourth-order valence-corrected chi connectivity index (χ4v) is 5.00. The lowest BCUT2D eigenvalue weighted by Crippen LogP contribution is -2.32. The molecule has 0 bridgehead atoms. The smallest absolute Gasteiger partial charge is 0.195 e. The third-order valence-electron chi connectivity index (χ3n) is 6.63. The Morgan fingerprint density at radius 3 is 2.55 bits per heavy atom. The Morgan fingerprint density at radius 1 is 1.12 bits per heavy atom. The predicted octanol–water partition coefficient (Wildman–Crippen LogP) is 6.23. The van der Waals surface area contributed by atoms with E-state index < -0.39 is 5.79 Å². The third kappa shape index (κ3) is 4.25. The second kappa shape index (κ2) is 8.57. The number of methoxy groups -OCH3 is 1. The molecular formula is C27H32BrNO4. The maximum atomic E-state index is 13.6. The van der Waals surface area contributed by atoms with Gasteiger partial charge in [0.05, 0.1) is 18.8 Å². The highest BCUT2D eigenvalue weighted by Gasteiger charge is 2.41. The standard InChI is InChI=1S/C27H32BrNO4/c1-16(15-33-27(4,5)31-7)14-32-18-9-11-19-21(13-18)26(2,3)25-23(24(19)30)20-10-8-17(28)12-22(20)29(25)6/h8-13,16H,14-15H2,1-7H3/t16-/m0/s1. The molecule has 6 heteroatoms. The second-order valence-electron chi connectivity index (χ2n) is 9.94. The highest BCUT2D eigenvalue weighted by atomic mass is 79.9. The van der Waals surface area contributed by atoms with E-state index in [1.165, 1.54) is 0 Å². The number of hydrogen-bond donors (Lipinski definition) is 0. The molecule has 1 aromatic heterocycles. The summed E-state index contributed by atoms with van der Waals surface area (Å²) in [4.78, 5) is 13.6. The first-order valence-corrected chi connectivity index (χ1v) is 12.0. The average molecular weight is 514 g/mol. The molecule has 0 saturated carbocycles. The summed E-state index contributed by atoms with van der Waals surface area (Å²) >= 11 is 3.57. The Labute approximate surface area is 204 Å². The van der Waals surface area contributed by atoms with E-state index in [2.05, 4.69) is 47.3 Å². The van der Waals surface area contributed by atoms with E-state index in [9.17, 15) is 4.79 Å². The van der Waals surface area contributed by atoms with Crippen LogP contribution in [0.25, 0.3) is 10.9 Å². The SMILES string of the molecule is COC(C)(C)OC[C@@H](C)COc1ccc2c(c1)C(C)(C)c1c(c3ccc(Br)cc3n1C)C2=O. The molecule has 0 aliphatic heterocycles. The minimum Gasteiger partial charge on any atom is -0.493 e. The summed E-state index contributed by atoms with van der Waals surface area (Å²) in [7, 11) is 3.68. The van der Waals surface area contributed by atoms with Crippen molar-refractivity contribution in [2.75, 3.05) is 20.3 Å². The molecule has 176 valence electrons. The molecule has 2 aromatic carbocycles. The lowest BCUT2D eigenvalue weighted by Gasteiger charge is -2.34. The van der Waals surface area contributed by atoms with Crippen molar-refractivity contribution in [3.63, 3.8) is 0 Å². The molecule has 0 saturated heterocycles. The molecule has 1 aliphatic carbocycles. The van der Waals surface area contributed by atoms with Crippen LogP contribution in [-0.4, -0.2) is 36.5 Å². The van der Waals surface area contributed by atoms with Crippen molar-refractivity contribution in [3.05, 3.63) is 63.3 Å². The monoisotopic (exact) mass is 513 g/mol. The fraction of sp³-hybridized carbons (Fsp3) is 0.444. The van der Waals surface area contributed by atoms with E-state index in [0.717, 1.165) is 43.5 Å². The number of fused-ring (bicyclic) bond motifs is 4. The van der Waals surface area contributed by atoms with Crippen molar-refractivity contribution in [1.29, 1.82) is 0 Å². The summed E-state index contributed by atoms with van der Waals surface area (Å²) in [5.41, 5.74) is 4.27. The van der Waals surface area contributed by atoms with Gasteiger partial charge in [0.25, 0.3) is 0 Å². The van der Waals surface area contributed by atoms with Gasteiger partial charge in [-0.1, -0.05) is 42.8 Å². The zero-order valence-corrected chi connectivity index (χ0v) is 22.0. The van der Waals surface area contributed by atoms with Gasteiger partial charge < -0.3 is 18.8 Å². The van der Waals surface area contributed by atoms with Crippen LogP contribution < -0.4 is 4.74 Å². The first kappa shape index (κ1) is 24.0. The predicted molar refractivity (Wildman–Crippen MR) is 134 cm³/mol. The highest BCUT2D eigenvalue weighted by Crippen LogP contribution is 2.46. The molecule has 5 nitrogen and oxygen atoms in total. The van der Waals surface area contributed by atoms with Gasteiger partial charge in [-0.15, -0.1) is 0 Å². The van der Waals surface area contributed by atoms with Crippen LogP contribution in [0.2, 0.25) is 0 Å². The Balaban J connectivity index is 1.63. The molecule has 0 spiro atoms. The number of halogens is 1. The number of ether oxygens (including phenoxy) is 3.